The van der Waals surface area contributed by atoms with Crippen molar-refractivity contribution in [2.75, 3.05) is 13.2 Å². The molecule has 0 unspecified atom stereocenters. The van der Waals surface area contributed by atoms with Crippen molar-refractivity contribution < 1.29 is 19.1 Å². The summed E-state index contributed by atoms with van der Waals surface area (Å²) in [6, 6.07) is 14.6. The van der Waals surface area contributed by atoms with Gasteiger partial charge in [-0.05, 0) is 48.7 Å². The molecule has 1 aliphatic heterocycles. The van der Waals surface area contributed by atoms with Crippen molar-refractivity contribution in [1.29, 1.82) is 0 Å². The van der Waals surface area contributed by atoms with Crippen molar-refractivity contribution in [2.45, 2.75) is 25.6 Å². The van der Waals surface area contributed by atoms with Crippen LogP contribution in [0.5, 0.6) is 5.75 Å². The van der Waals surface area contributed by atoms with Gasteiger partial charge in [-0.1, -0.05) is 29.8 Å². The molecule has 0 saturated carbocycles. The minimum absolute atomic E-state index is 0.0195. The third kappa shape index (κ3) is 6.58. The number of carbonyl (C=O) groups excluding carboxylic acids is 2. The molecular formula is C21H22ClN3O4. The number of amides is 2. The van der Waals surface area contributed by atoms with Gasteiger partial charge in [0, 0.05) is 23.7 Å². The molecule has 0 aromatic heterocycles. The van der Waals surface area contributed by atoms with Crippen molar-refractivity contribution in [1.82, 2.24) is 10.7 Å². The zero-order valence-electron chi connectivity index (χ0n) is 15.8. The van der Waals surface area contributed by atoms with E-state index in [1.54, 1.807) is 24.3 Å². The maximum absolute atomic E-state index is 11.7. The molecule has 1 heterocycles. The summed E-state index contributed by atoms with van der Waals surface area (Å²) in [5.41, 5.74) is 3.85. The molecule has 152 valence electrons. The molecular weight excluding hydrogens is 394 g/mol. The molecule has 3 rings (SSSR count). The maximum atomic E-state index is 11.7. The third-order valence-electron chi connectivity index (χ3n) is 4.33. The molecule has 0 spiro atoms. The highest BCUT2D eigenvalue weighted by Crippen LogP contribution is 2.18. The Bertz CT molecular complexity index is 864. The average Bonchev–Trinajstić information content (AvgIpc) is 3.26. The molecule has 0 aliphatic carbocycles. The lowest BCUT2D eigenvalue weighted by molar-refractivity contribution is -0.139. The number of hydrogen-bond acceptors (Lipinski definition) is 5. The van der Waals surface area contributed by atoms with Crippen LogP contribution in [-0.2, 0) is 20.9 Å². The Morgan fingerprint density at radius 1 is 1.17 bits per heavy atom. The number of halogens is 1. The van der Waals surface area contributed by atoms with Gasteiger partial charge in [-0.3, -0.25) is 9.59 Å². The maximum Gasteiger partial charge on any atom is 0.329 e. The SMILES string of the molecule is O=C(NC[C@H]1CCCO1)C(=O)N/N=C\c1ccc(OCc2ccccc2Cl)cc1. The second kappa shape index (κ2) is 10.6. The Hall–Kier alpha value is -2.90. The third-order valence-corrected chi connectivity index (χ3v) is 4.70. The van der Waals surface area contributed by atoms with Crippen LogP contribution in [0.1, 0.15) is 24.0 Å². The van der Waals surface area contributed by atoms with Crippen LogP contribution in [0.4, 0.5) is 0 Å². The van der Waals surface area contributed by atoms with Gasteiger partial charge in [-0.2, -0.15) is 5.10 Å². The van der Waals surface area contributed by atoms with Crippen LogP contribution in [0.15, 0.2) is 53.6 Å². The molecule has 0 radical (unpaired) electrons. The van der Waals surface area contributed by atoms with Crippen LogP contribution >= 0.6 is 11.6 Å². The zero-order valence-corrected chi connectivity index (χ0v) is 16.5. The summed E-state index contributed by atoms with van der Waals surface area (Å²) in [4.78, 5) is 23.5. The molecule has 1 aliphatic rings. The number of nitrogens with one attached hydrogen (secondary N) is 2. The van der Waals surface area contributed by atoms with E-state index in [0.29, 0.717) is 30.5 Å². The van der Waals surface area contributed by atoms with Gasteiger partial charge in [0.05, 0.1) is 12.3 Å². The van der Waals surface area contributed by atoms with E-state index in [1.165, 1.54) is 6.21 Å². The normalized spacial score (nSPS) is 16.0. The summed E-state index contributed by atoms with van der Waals surface area (Å²) in [6.07, 6.45) is 3.29. The average molecular weight is 416 g/mol. The number of rotatable bonds is 7. The topological polar surface area (TPSA) is 89.0 Å². The summed E-state index contributed by atoms with van der Waals surface area (Å²) in [7, 11) is 0. The van der Waals surface area contributed by atoms with Gasteiger partial charge in [0.1, 0.15) is 12.4 Å². The summed E-state index contributed by atoms with van der Waals surface area (Å²) >= 11 is 6.11. The van der Waals surface area contributed by atoms with Crippen LogP contribution in [0, 0.1) is 0 Å². The van der Waals surface area contributed by atoms with Crippen LogP contribution in [0.25, 0.3) is 0 Å². The van der Waals surface area contributed by atoms with Gasteiger partial charge in [-0.25, -0.2) is 5.43 Å². The van der Waals surface area contributed by atoms with Gasteiger partial charge >= 0.3 is 11.8 Å². The van der Waals surface area contributed by atoms with Crippen LogP contribution in [-0.4, -0.2) is 37.3 Å². The molecule has 2 aromatic rings. The first-order valence-corrected chi connectivity index (χ1v) is 9.69. The van der Waals surface area contributed by atoms with Crippen molar-refractivity contribution in [3.05, 3.63) is 64.7 Å². The highest BCUT2D eigenvalue weighted by Gasteiger charge is 2.18. The van der Waals surface area contributed by atoms with E-state index in [2.05, 4.69) is 15.8 Å². The highest BCUT2D eigenvalue weighted by molar-refractivity contribution is 6.35. The molecule has 29 heavy (non-hydrogen) atoms. The molecule has 7 nitrogen and oxygen atoms in total. The largest absolute Gasteiger partial charge is 0.489 e. The van der Waals surface area contributed by atoms with Gasteiger partial charge in [0.2, 0.25) is 0 Å². The number of hydrogen-bond donors (Lipinski definition) is 2. The fourth-order valence-corrected chi connectivity index (χ4v) is 2.93. The zero-order chi connectivity index (χ0) is 20.5. The molecule has 8 heteroatoms. The van der Waals surface area contributed by atoms with E-state index in [0.717, 1.165) is 24.0 Å². The standard InChI is InChI=1S/C21H22ClN3O4/c22-19-6-2-1-4-16(19)14-29-17-9-7-15(8-10-17)12-24-25-21(27)20(26)23-13-18-5-3-11-28-18/h1-2,4,6-10,12,18H,3,5,11,13-14H2,(H,23,26)(H,25,27)/b24-12-/t18-/m1/s1. The van der Waals surface area contributed by atoms with E-state index >= 15 is 0 Å². The second-order valence-corrected chi connectivity index (χ2v) is 6.90. The van der Waals surface area contributed by atoms with Gasteiger partial charge in [0.15, 0.2) is 0 Å². The first-order valence-electron chi connectivity index (χ1n) is 9.31. The Labute approximate surface area is 174 Å². The number of carbonyl (C=O) groups is 2. The highest BCUT2D eigenvalue weighted by atomic mass is 35.5. The van der Waals surface area contributed by atoms with E-state index < -0.39 is 11.8 Å². The van der Waals surface area contributed by atoms with E-state index in [9.17, 15) is 9.59 Å². The first kappa shape index (κ1) is 20.8. The van der Waals surface area contributed by atoms with Crippen LogP contribution < -0.4 is 15.5 Å². The number of benzene rings is 2. The number of hydrazone groups is 1. The smallest absolute Gasteiger partial charge is 0.329 e. The molecule has 1 atom stereocenters. The van der Waals surface area contributed by atoms with Crippen molar-refractivity contribution >= 4 is 29.6 Å². The van der Waals surface area contributed by atoms with Crippen LogP contribution in [0.3, 0.4) is 0 Å². The molecule has 2 amide bonds. The van der Waals surface area contributed by atoms with E-state index in [-0.39, 0.29) is 6.10 Å². The predicted molar refractivity (Wildman–Crippen MR) is 110 cm³/mol. The minimum Gasteiger partial charge on any atom is -0.489 e. The van der Waals surface area contributed by atoms with Gasteiger partial charge in [-0.15, -0.1) is 0 Å². The quantitative estimate of drug-likeness (QED) is 0.413. The predicted octanol–water partition coefficient (Wildman–Crippen LogP) is 2.66. The van der Waals surface area contributed by atoms with Gasteiger partial charge in [0.25, 0.3) is 0 Å². The molecule has 2 aromatic carbocycles. The van der Waals surface area contributed by atoms with E-state index in [1.807, 2.05) is 24.3 Å². The minimum atomic E-state index is -0.820. The summed E-state index contributed by atoms with van der Waals surface area (Å²) in [5.74, 6) is -0.875. The lowest BCUT2D eigenvalue weighted by Crippen LogP contribution is -2.41. The number of ether oxygens (including phenoxy) is 2. The Kier molecular flexibility index (Phi) is 7.61. The summed E-state index contributed by atoms with van der Waals surface area (Å²) in [5, 5.41) is 7.00. The van der Waals surface area contributed by atoms with Gasteiger partial charge < -0.3 is 14.8 Å². The summed E-state index contributed by atoms with van der Waals surface area (Å²) < 4.78 is 11.1. The first-order chi connectivity index (χ1) is 14.1. The van der Waals surface area contributed by atoms with Crippen molar-refractivity contribution in [3.8, 4) is 5.75 Å². The number of nitrogens with zero attached hydrogens (tertiary/aromatic N) is 1. The molecule has 2 N–H and O–H groups in total. The van der Waals surface area contributed by atoms with Crippen molar-refractivity contribution in [2.24, 2.45) is 5.10 Å². The monoisotopic (exact) mass is 415 g/mol. The fraction of sp³-hybridized carbons (Fsp3) is 0.286. The Balaban J connectivity index is 1.41. The Morgan fingerprint density at radius 2 is 1.97 bits per heavy atom. The molecule has 1 saturated heterocycles. The lowest BCUT2D eigenvalue weighted by atomic mass is 10.2. The lowest BCUT2D eigenvalue weighted by Gasteiger charge is -2.09. The second-order valence-electron chi connectivity index (χ2n) is 6.49. The fourth-order valence-electron chi connectivity index (χ4n) is 2.74. The summed E-state index contributed by atoms with van der Waals surface area (Å²) in [6.45, 7) is 1.39. The van der Waals surface area contributed by atoms with Crippen molar-refractivity contribution in [3.63, 3.8) is 0 Å². The Morgan fingerprint density at radius 3 is 2.69 bits per heavy atom. The molecule has 0 bridgehead atoms. The van der Waals surface area contributed by atoms with E-state index in [4.69, 9.17) is 21.1 Å². The van der Waals surface area contributed by atoms with Crippen LogP contribution in [0.2, 0.25) is 5.02 Å². The molecule has 1 fully saturated rings.